The van der Waals surface area contributed by atoms with Crippen LogP contribution in [0, 0.1) is 17.3 Å². The molecule has 198 valence electrons. The van der Waals surface area contributed by atoms with E-state index < -0.39 is 6.16 Å². The molecule has 5 atom stereocenters. The first-order valence-electron chi connectivity index (χ1n) is 13.2. The highest BCUT2D eigenvalue weighted by atomic mass is 16.8. The molecule has 0 N–H and O–H groups in total. The summed E-state index contributed by atoms with van der Waals surface area (Å²) in [5.41, 5.74) is 5.99. The van der Waals surface area contributed by atoms with Crippen molar-refractivity contribution in [1.82, 2.24) is 0 Å². The zero-order valence-electron chi connectivity index (χ0n) is 22.2. The molecule has 0 aromatic heterocycles. The molecule has 7 nitrogen and oxygen atoms in total. The fraction of sp³-hybridized carbons (Fsp3) is 0.567. The molecule has 1 aromatic rings. The van der Waals surface area contributed by atoms with Crippen LogP contribution in [0.1, 0.15) is 68.9 Å². The Bertz CT molecular complexity index is 1150. The van der Waals surface area contributed by atoms with E-state index in [1.165, 1.54) is 30.0 Å². The summed E-state index contributed by atoms with van der Waals surface area (Å²) in [5, 5.41) is 3.71. The number of hydrogen-bond donors (Lipinski definition) is 0. The lowest BCUT2D eigenvalue weighted by molar-refractivity contribution is -0.149. The number of methoxy groups -OCH3 is 3. The van der Waals surface area contributed by atoms with Crippen molar-refractivity contribution in [2.24, 2.45) is 22.4 Å². The molecule has 2 saturated carbocycles. The molecule has 0 radical (unpaired) electrons. The minimum Gasteiger partial charge on any atom is -0.436 e. The number of carbonyl (C=O) groups excluding carboxylic acids is 2. The number of hydrogen-bond acceptors (Lipinski definition) is 7. The van der Waals surface area contributed by atoms with Crippen LogP contribution in [0.5, 0.6) is 0 Å². The van der Waals surface area contributed by atoms with Crippen LogP contribution in [0.2, 0.25) is 0 Å². The van der Waals surface area contributed by atoms with E-state index in [4.69, 9.17) is 9.47 Å². The van der Waals surface area contributed by atoms with Crippen LogP contribution in [0.3, 0.4) is 0 Å². The lowest BCUT2D eigenvalue weighted by Gasteiger charge is -2.55. The smallest absolute Gasteiger partial charge is 0.436 e. The average Bonchev–Trinajstić information content (AvgIpc) is 3.20. The highest BCUT2D eigenvalue weighted by molar-refractivity contribution is 5.93. The Morgan fingerprint density at radius 1 is 1.11 bits per heavy atom. The van der Waals surface area contributed by atoms with Crippen LogP contribution in [0.4, 0.5) is 4.79 Å². The van der Waals surface area contributed by atoms with Gasteiger partial charge >= 0.3 is 6.16 Å². The van der Waals surface area contributed by atoms with Crippen LogP contribution in [-0.2, 0) is 23.8 Å². The van der Waals surface area contributed by atoms with Crippen LogP contribution in [0.25, 0.3) is 0 Å². The van der Waals surface area contributed by atoms with Crippen molar-refractivity contribution in [3.8, 4) is 0 Å². The zero-order chi connectivity index (χ0) is 26.2. The molecule has 2 fully saturated rings. The lowest BCUT2D eigenvalue weighted by Crippen LogP contribution is -2.54. The van der Waals surface area contributed by atoms with E-state index in [2.05, 4.69) is 33.8 Å². The van der Waals surface area contributed by atoms with E-state index >= 15 is 0 Å². The molecule has 0 amide bonds. The zero-order valence-corrected chi connectivity index (χ0v) is 22.2. The Hall–Kier alpha value is -2.77. The van der Waals surface area contributed by atoms with Gasteiger partial charge in [0.1, 0.15) is 0 Å². The second kappa shape index (κ2) is 10.2. The summed E-state index contributed by atoms with van der Waals surface area (Å²) in [7, 11) is 4.86. The Kier molecular flexibility index (Phi) is 7.12. The van der Waals surface area contributed by atoms with Crippen molar-refractivity contribution in [3.63, 3.8) is 0 Å². The fourth-order valence-electron chi connectivity index (χ4n) is 7.88. The van der Waals surface area contributed by atoms with Gasteiger partial charge in [0.25, 0.3) is 0 Å². The quantitative estimate of drug-likeness (QED) is 0.211. The van der Waals surface area contributed by atoms with Gasteiger partial charge in [-0.15, -0.1) is 0 Å². The Balaban J connectivity index is 1.56. The summed E-state index contributed by atoms with van der Waals surface area (Å²) >= 11 is 0. The maximum Gasteiger partial charge on any atom is 0.534 e. The number of allylic oxidation sites excluding steroid dienone is 4. The number of ketones is 1. The highest BCUT2D eigenvalue weighted by Crippen LogP contribution is 2.67. The molecule has 37 heavy (non-hydrogen) atoms. The summed E-state index contributed by atoms with van der Waals surface area (Å²) < 4.78 is 16.5. The first-order valence-corrected chi connectivity index (χ1v) is 13.2. The first kappa shape index (κ1) is 25.9. The number of ether oxygens (including phenoxy) is 3. The number of fused-ring (bicyclic) bond motifs is 4. The van der Waals surface area contributed by atoms with Crippen LogP contribution in [-0.4, -0.2) is 51.7 Å². The van der Waals surface area contributed by atoms with Gasteiger partial charge < -0.3 is 14.2 Å². The summed E-state index contributed by atoms with van der Waals surface area (Å²) in [5.74, 6) is 1.50. The molecule has 4 aliphatic rings. The standard InChI is InChI=1S/C30H37NO6/c1-29-16-25(20-7-5-19(6-8-20)17-31-37-28(33)35-3)27-23-12-10-22(32)15-21(23)9-11-24(27)26(29)13-14-30(29,36-4)18-34-2/h5-8,15,17,24-26H,9-14,16,18H2,1-4H3/b31-17+/t24?,25-,26?,29+,30-/m1/s1. The Labute approximate surface area is 218 Å². The normalized spacial score (nSPS) is 33.0. The van der Waals surface area contributed by atoms with E-state index in [-0.39, 0.29) is 22.7 Å². The van der Waals surface area contributed by atoms with Crippen LogP contribution >= 0.6 is 0 Å². The molecule has 5 rings (SSSR count). The predicted molar refractivity (Wildman–Crippen MR) is 139 cm³/mol. The topological polar surface area (TPSA) is 83.4 Å². The Morgan fingerprint density at radius 3 is 2.59 bits per heavy atom. The Morgan fingerprint density at radius 2 is 1.89 bits per heavy atom. The third-order valence-electron chi connectivity index (χ3n) is 9.63. The molecule has 0 spiro atoms. The third kappa shape index (κ3) is 4.36. The largest absolute Gasteiger partial charge is 0.534 e. The van der Waals surface area contributed by atoms with E-state index in [1.807, 2.05) is 25.3 Å². The minimum atomic E-state index is -0.848. The minimum absolute atomic E-state index is 0.0304. The van der Waals surface area contributed by atoms with Crippen molar-refractivity contribution >= 4 is 18.2 Å². The van der Waals surface area contributed by atoms with Gasteiger partial charge in [0.05, 0.1) is 25.5 Å². The maximum absolute atomic E-state index is 12.3. The van der Waals surface area contributed by atoms with Crippen LogP contribution < -0.4 is 0 Å². The summed E-state index contributed by atoms with van der Waals surface area (Å²) in [6, 6.07) is 8.32. The van der Waals surface area contributed by atoms with E-state index in [1.54, 1.807) is 12.7 Å². The van der Waals surface area contributed by atoms with Crippen molar-refractivity contribution in [2.75, 3.05) is 27.9 Å². The van der Waals surface area contributed by atoms with Crippen molar-refractivity contribution < 1.29 is 28.6 Å². The summed E-state index contributed by atoms with van der Waals surface area (Å²) in [4.78, 5) is 28.1. The molecule has 0 heterocycles. The molecule has 2 unspecified atom stereocenters. The first-order chi connectivity index (χ1) is 17.9. The van der Waals surface area contributed by atoms with Gasteiger partial charge in [-0.3, -0.25) is 9.63 Å². The van der Waals surface area contributed by atoms with Crippen molar-refractivity contribution in [2.45, 2.75) is 63.4 Å². The highest BCUT2D eigenvalue weighted by Gasteiger charge is 2.63. The number of rotatable bonds is 6. The lowest BCUT2D eigenvalue weighted by atomic mass is 9.51. The monoisotopic (exact) mass is 507 g/mol. The van der Waals surface area contributed by atoms with Gasteiger partial charge in [-0.2, -0.15) is 0 Å². The van der Waals surface area contributed by atoms with Crippen molar-refractivity contribution in [3.05, 3.63) is 58.2 Å². The third-order valence-corrected chi connectivity index (χ3v) is 9.63. The van der Waals surface area contributed by atoms with E-state index in [9.17, 15) is 9.59 Å². The average molecular weight is 508 g/mol. The number of nitrogens with zero attached hydrogens (tertiary/aromatic N) is 1. The number of carbonyl (C=O) groups is 2. The van der Waals surface area contributed by atoms with Crippen molar-refractivity contribution in [1.29, 1.82) is 0 Å². The molecule has 7 heteroatoms. The van der Waals surface area contributed by atoms with Gasteiger partial charge in [-0.1, -0.05) is 41.9 Å². The van der Waals surface area contributed by atoms with Gasteiger partial charge in [0, 0.05) is 32.0 Å². The predicted octanol–water partition coefficient (Wildman–Crippen LogP) is 5.73. The van der Waals surface area contributed by atoms with E-state index in [0.717, 1.165) is 44.1 Å². The number of benzene rings is 1. The number of oxime groups is 1. The van der Waals surface area contributed by atoms with Gasteiger partial charge in [-0.25, -0.2) is 4.79 Å². The molecular formula is C30H37NO6. The second-order valence-corrected chi connectivity index (χ2v) is 11.1. The fourth-order valence-corrected chi connectivity index (χ4v) is 7.88. The van der Waals surface area contributed by atoms with Gasteiger partial charge in [-0.05, 0) is 78.7 Å². The summed E-state index contributed by atoms with van der Waals surface area (Å²) in [6.07, 6.45) is 9.19. The molecule has 4 aliphatic carbocycles. The molecule has 0 bridgehead atoms. The van der Waals surface area contributed by atoms with Gasteiger partial charge in [0.15, 0.2) is 5.78 Å². The maximum atomic E-state index is 12.3. The molecule has 0 aliphatic heterocycles. The van der Waals surface area contributed by atoms with Crippen LogP contribution in [0.15, 0.2) is 52.2 Å². The molecule has 0 saturated heterocycles. The van der Waals surface area contributed by atoms with E-state index in [0.29, 0.717) is 24.9 Å². The second-order valence-electron chi connectivity index (χ2n) is 11.1. The molecule has 1 aromatic carbocycles. The SMILES string of the molecule is COC[C@]1(OC)CCC2C3CCC4=CC(=O)CCC4=C3[C@@H](c3ccc(/C=N/OC(=O)OC)cc3)C[C@@]21C. The van der Waals surface area contributed by atoms with Gasteiger partial charge in [0.2, 0.25) is 0 Å². The molecular weight excluding hydrogens is 470 g/mol. The summed E-state index contributed by atoms with van der Waals surface area (Å²) in [6.45, 7) is 3.01.